The molecule has 0 aromatic heterocycles. The molecule has 176 valence electrons. The number of amides is 1. The van der Waals surface area contributed by atoms with E-state index in [0.29, 0.717) is 37.4 Å². The minimum absolute atomic E-state index is 0.0679. The number of nitrogens with zero attached hydrogens (tertiary/aromatic N) is 1. The van der Waals surface area contributed by atoms with E-state index in [2.05, 4.69) is 10.8 Å². The Morgan fingerprint density at radius 3 is 2.66 bits per heavy atom. The monoisotopic (exact) mass is 462 g/mol. The molecule has 3 heterocycles. The van der Waals surface area contributed by atoms with Crippen molar-refractivity contribution < 1.29 is 22.7 Å². The first kappa shape index (κ1) is 23.1. The number of hydrogen-bond donors (Lipinski definition) is 1. The second-order valence-corrected chi connectivity index (χ2v) is 11.2. The smallest absolute Gasteiger partial charge is 0.264 e. The zero-order valence-electron chi connectivity index (χ0n) is 19.0. The molecule has 3 aliphatic heterocycles. The number of carbonyl (C=O) groups excluding carboxylic acids is 1. The van der Waals surface area contributed by atoms with Gasteiger partial charge >= 0.3 is 0 Å². The summed E-state index contributed by atoms with van der Waals surface area (Å²) in [5.41, 5.74) is 1.75. The summed E-state index contributed by atoms with van der Waals surface area (Å²) in [5.74, 6) is 0.974. The van der Waals surface area contributed by atoms with Crippen LogP contribution in [0.4, 0.5) is 0 Å². The normalized spacial score (nSPS) is 29.1. The van der Waals surface area contributed by atoms with Gasteiger partial charge in [-0.15, -0.1) is 0 Å². The molecule has 1 aliphatic carbocycles. The molecule has 32 heavy (non-hydrogen) atoms. The SMILES string of the molecule is CCC(C)S(=O)(=O)NC1CCCN2C(=O)COc3ccccc3C3CCC(CC3)O/C=C/12. The van der Waals surface area contributed by atoms with Crippen LogP contribution in [0.5, 0.6) is 5.75 Å². The zero-order chi connectivity index (χ0) is 22.7. The third-order valence-corrected chi connectivity index (χ3v) is 9.03. The quantitative estimate of drug-likeness (QED) is 0.738. The van der Waals surface area contributed by atoms with Crippen molar-refractivity contribution in [2.45, 2.75) is 82.1 Å². The van der Waals surface area contributed by atoms with Gasteiger partial charge in [0.25, 0.3) is 5.91 Å². The molecule has 1 amide bonds. The van der Waals surface area contributed by atoms with Gasteiger partial charge in [-0.05, 0) is 69.4 Å². The van der Waals surface area contributed by atoms with Crippen LogP contribution in [0, 0.1) is 0 Å². The molecule has 2 atom stereocenters. The standard InChI is InChI=1S/C24H34N2O5S/c1-3-17(2)32(28,29)25-21-8-6-14-26-22(21)15-30-19-12-10-18(11-13-19)20-7-4-5-9-23(20)31-16-24(26)27/h4-5,7,9,15,17-19,21,25H,3,6,8,10-14,16H2,1-2H3/b22-15-. The minimum Gasteiger partial charge on any atom is -0.496 e. The van der Waals surface area contributed by atoms with E-state index in [1.807, 2.05) is 25.1 Å². The van der Waals surface area contributed by atoms with Crippen LogP contribution >= 0.6 is 0 Å². The summed E-state index contributed by atoms with van der Waals surface area (Å²) < 4.78 is 40.5. The highest BCUT2D eigenvalue weighted by atomic mass is 32.2. The molecule has 2 unspecified atom stereocenters. The molecule has 4 aliphatic rings. The number of carbonyl (C=O) groups is 1. The fourth-order valence-electron chi connectivity index (χ4n) is 4.83. The van der Waals surface area contributed by atoms with Crippen LogP contribution in [0.15, 0.2) is 36.2 Å². The number of nitrogens with one attached hydrogen (secondary N) is 1. The number of fused-ring (bicyclic) bond motifs is 5. The van der Waals surface area contributed by atoms with E-state index >= 15 is 0 Å². The van der Waals surface area contributed by atoms with Gasteiger partial charge in [0, 0.05) is 6.54 Å². The number of rotatable bonds is 4. The van der Waals surface area contributed by atoms with E-state index in [9.17, 15) is 13.2 Å². The number of sulfonamides is 1. The lowest BCUT2D eigenvalue weighted by Gasteiger charge is -2.36. The van der Waals surface area contributed by atoms with Crippen molar-refractivity contribution in [2.24, 2.45) is 0 Å². The van der Waals surface area contributed by atoms with Crippen molar-refractivity contribution in [3.8, 4) is 5.75 Å². The van der Waals surface area contributed by atoms with Crippen LogP contribution in [0.2, 0.25) is 0 Å². The lowest BCUT2D eigenvalue weighted by atomic mass is 9.82. The summed E-state index contributed by atoms with van der Waals surface area (Å²) >= 11 is 0. The topological polar surface area (TPSA) is 84.9 Å². The molecule has 8 heteroatoms. The number of para-hydroxylation sites is 1. The summed E-state index contributed by atoms with van der Waals surface area (Å²) in [7, 11) is -3.50. The van der Waals surface area contributed by atoms with Gasteiger partial charge in [-0.25, -0.2) is 13.1 Å². The molecule has 2 bridgehead atoms. The van der Waals surface area contributed by atoms with E-state index in [-0.39, 0.29) is 18.6 Å². The summed E-state index contributed by atoms with van der Waals surface area (Å²) in [6, 6.07) is 7.49. The molecular formula is C24H34N2O5S. The van der Waals surface area contributed by atoms with E-state index in [1.165, 1.54) is 0 Å². The molecule has 0 spiro atoms. The largest absolute Gasteiger partial charge is 0.496 e. The van der Waals surface area contributed by atoms with Crippen molar-refractivity contribution in [3.05, 3.63) is 41.8 Å². The molecule has 2 fully saturated rings. The molecule has 7 nitrogen and oxygen atoms in total. The molecule has 1 aromatic carbocycles. The van der Waals surface area contributed by atoms with Gasteiger partial charge in [0.1, 0.15) is 12.0 Å². The number of benzene rings is 1. The van der Waals surface area contributed by atoms with Crippen LogP contribution in [0.3, 0.4) is 0 Å². The van der Waals surface area contributed by atoms with Crippen LogP contribution in [0.1, 0.15) is 70.3 Å². The van der Waals surface area contributed by atoms with Gasteiger partial charge < -0.3 is 14.4 Å². The first-order valence-electron chi connectivity index (χ1n) is 11.8. The van der Waals surface area contributed by atoms with Crippen molar-refractivity contribution in [1.29, 1.82) is 0 Å². The maximum Gasteiger partial charge on any atom is 0.264 e. The van der Waals surface area contributed by atoms with Gasteiger partial charge in [-0.1, -0.05) is 25.1 Å². The van der Waals surface area contributed by atoms with E-state index < -0.39 is 21.3 Å². The van der Waals surface area contributed by atoms with Gasteiger partial charge in [0.15, 0.2) is 6.61 Å². The maximum atomic E-state index is 13.2. The van der Waals surface area contributed by atoms with Gasteiger partial charge in [-0.2, -0.15) is 0 Å². The van der Waals surface area contributed by atoms with Crippen molar-refractivity contribution in [1.82, 2.24) is 9.62 Å². The molecule has 1 saturated heterocycles. The first-order valence-corrected chi connectivity index (χ1v) is 13.3. The first-order chi connectivity index (χ1) is 15.4. The van der Waals surface area contributed by atoms with Crippen molar-refractivity contribution in [2.75, 3.05) is 13.2 Å². The highest BCUT2D eigenvalue weighted by Crippen LogP contribution is 2.39. The lowest BCUT2D eigenvalue weighted by molar-refractivity contribution is -0.132. The van der Waals surface area contributed by atoms with E-state index in [1.54, 1.807) is 18.1 Å². The van der Waals surface area contributed by atoms with E-state index in [4.69, 9.17) is 9.47 Å². The highest BCUT2D eigenvalue weighted by molar-refractivity contribution is 7.90. The molecular weight excluding hydrogens is 428 g/mol. The average Bonchev–Trinajstić information content (AvgIpc) is 2.82. The number of piperidine rings is 1. The van der Waals surface area contributed by atoms with Crippen LogP contribution in [-0.2, 0) is 19.6 Å². The average molecular weight is 463 g/mol. The summed E-state index contributed by atoms with van der Waals surface area (Å²) in [6.45, 7) is 3.99. The Hall–Kier alpha value is -2.06. The second-order valence-electron chi connectivity index (χ2n) is 9.10. The molecule has 0 radical (unpaired) electrons. The van der Waals surface area contributed by atoms with Crippen LogP contribution < -0.4 is 9.46 Å². The van der Waals surface area contributed by atoms with Gasteiger partial charge in [0.2, 0.25) is 10.0 Å². The lowest BCUT2D eigenvalue weighted by Crippen LogP contribution is -2.50. The van der Waals surface area contributed by atoms with Gasteiger partial charge in [0.05, 0.1) is 23.1 Å². The highest BCUT2D eigenvalue weighted by Gasteiger charge is 2.35. The molecule has 1 saturated carbocycles. The molecule has 1 aromatic rings. The number of hydrogen-bond acceptors (Lipinski definition) is 5. The Morgan fingerprint density at radius 1 is 1.16 bits per heavy atom. The Labute approximate surface area is 191 Å². The summed E-state index contributed by atoms with van der Waals surface area (Å²) in [5, 5.41) is -0.500. The Balaban J connectivity index is 1.63. The van der Waals surface area contributed by atoms with Crippen molar-refractivity contribution in [3.63, 3.8) is 0 Å². The maximum absolute atomic E-state index is 13.2. The fourth-order valence-corrected chi connectivity index (χ4v) is 6.14. The molecule has 5 rings (SSSR count). The van der Waals surface area contributed by atoms with Gasteiger partial charge in [-0.3, -0.25) is 4.79 Å². The predicted octanol–water partition coefficient (Wildman–Crippen LogP) is 3.67. The predicted molar refractivity (Wildman–Crippen MR) is 123 cm³/mol. The zero-order valence-corrected chi connectivity index (χ0v) is 19.8. The second kappa shape index (κ2) is 9.83. The van der Waals surface area contributed by atoms with Crippen LogP contribution in [0.25, 0.3) is 0 Å². The fraction of sp³-hybridized carbons (Fsp3) is 0.625. The summed E-state index contributed by atoms with van der Waals surface area (Å²) in [4.78, 5) is 14.8. The minimum atomic E-state index is -3.50. The molecule has 1 N–H and O–H groups in total. The Bertz CT molecular complexity index is 953. The van der Waals surface area contributed by atoms with E-state index in [0.717, 1.165) is 37.0 Å². The van der Waals surface area contributed by atoms with Crippen LogP contribution in [-0.4, -0.2) is 49.8 Å². The Kier molecular flexibility index (Phi) is 7.10. The third kappa shape index (κ3) is 4.96. The number of ether oxygens (including phenoxy) is 2. The Morgan fingerprint density at radius 2 is 1.91 bits per heavy atom. The van der Waals surface area contributed by atoms with Crippen molar-refractivity contribution >= 4 is 15.9 Å². The summed E-state index contributed by atoms with van der Waals surface area (Å²) in [6.07, 6.45) is 7.39. The third-order valence-electron chi connectivity index (χ3n) is 7.02.